The molecule has 1 unspecified atom stereocenters. The molecule has 19 heteroatoms. The number of benzene rings is 2. The maximum Gasteiger partial charge on any atom is 0.317 e. The SMILES string of the molecule is CS(=O)(=O)c1ccc(Nc2nc(N3CCC[C@@H](NC(=O)N4CCC5(CC4)CN(Cc4ccc6c(c4)C(=O)N(C4CCC(=O)NC4=O)C6=O)C5)C3)cnc2C(N)=O)cc1. The minimum atomic E-state index is -3.38. The number of hydrogen-bond donors (Lipinski definition) is 4. The number of sulfone groups is 1. The molecule has 18 nitrogen and oxygen atoms in total. The molecule has 5 aliphatic rings. The van der Waals surface area contributed by atoms with E-state index in [-0.39, 0.29) is 57.9 Å². The lowest BCUT2D eigenvalue weighted by Crippen LogP contribution is -2.61. The highest BCUT2D eigenvalue weighted by Crippen LogP contribution is 2.41. The highest BCUT2D eigenvalue weighted by molar-refractivity contribution is 7.90. The van der Waals surface area contributed by atoms with Gasteiger partial charge >= 0.3 is 6.03 Å². The molecule has 58 heavy (non-hydrogen) atoms. The second-order valence-corrected chi connectivity index (χ2v) is 17.9. The first-order valence-corrected chi connectivity index (χ1v) is 21.2. The van der Waals surface area contributed by atoms with Gasteiger partial charge < -0.3 is 26.2 Å². The number of nitrogens with two attached hydrogens (primary N) is 1. The Morgan fingerprint density at radius 3 is 2.38 bits per heavy atom. The summed E-state index contributed by atoms with van der Waals surface area (Å²) in [5.41, 5.74) is 7.54. The van der Waals surface area contributed by atoms with Crippen molar-refractivity contribution >= 4 is 62.7 Å². The van der Waals surface area contributed by atoms with E-state index < -0.39 is 45.4 Å². The summed E-state index contributed by atoms with van der Waals surface area (Å²) in [5.74, 6) is -2.22. The van der Waals surface area contributed by atoms with Gasteiger partial charge in [-0.2, -0.15) is 0 Å². The molecule has 0 aliphatic carbocycles. The molecule has 0 bridgehead atoms. The average molecular weight is 813 g/mol. The number of nitrogens with zero attached hydrogens (tertiary/aromatic N) is 6. The van der Waals surface area contributed by atoms with Crippen LogP contribution in [0.4, 0.5) is 22.1 Å². The van der Waals surface area contributed by atoms with Gasteiger partial charge in [0.1, 0.15) is 11.9 Å². The smallest absolute Gasteiger partial charge is 0.317 e. The van der Waals surface area contributed by atoms with Gasteiger partial charge in [-0.3, -0.25) is 39.1 Å². The van der Waals surface area contributed by atoms with Crippen molar-refractivity contribution in [1.82, 2.24) is 35.3 Å². The number of anilines is 3. The number of urea groups is 1. The lowest BCUT2D eigenvalue weighted by molar-refractivity contribution is -0.136. The van der Waals surface area contributed by atoms with E-state index in [0.717, 1.165) is 55.5 Å². The number of fused-ring (bicyclic) bond motifs is 1. The molecule has 8 rings (SSSR count). The lowest BCUT2D eigenvalue weighted by Gasteiger charge is -2.54. The highest BCUT2D eigenvalue weighted by Gasteiger charge is 2.47. The number of hydrogen-bond acceptors (Lipinski definition) is 13. The van der Waals surface area contributed by atoms with Gasteiger partial charge in [-0.1, -0.05) is 6.07 Å². The summed E-state index contributed by atoms with van der Waals surface area (Å²) in [4.78, 5) is 92.2. The summed E-state index contributed by atoms with van der Waals surface area (Å²) in [7, 11) is -3.38. The van der Waals surface area contributed by atoms with E-state index in [2.05, 4.69) is 30.8 Å². The lowest BCUT2D eigenvalue weighted by atomic mass is 9.72. The van der Waals surface area contributed by atoms with Crippen LogP contribution in [0.1, 0.15) is 75.3 Å². The van der Waals surface area contributed by atoms with Gasteiger partial charge in [0.25, 0.3) is 17.7 Å². The fourth-order valence-corrected chi connectivity index (χ4v) is 9.31. The first kappa shape index (κ1) is 38.9. The number of carbonyl (C=O) groups is 6. The number of aromatic nitrogens is 2. The molecule has 4 fully saturated rings. The first-order valence-electron chi connectivity index (χ1n) is 19.3. The Balaban J connectivity index is 0.822. The summed E-state index contributed by atoms with van der Waals surface area (Å²) < 4.78 is 23.7. The van der Waals surface area contributed by atoms with Crippen LogP contribution in [0.2, 0.25) is 0 Å². The third-order valence-electron chi connectivity index (χ3n) is 11.8. The second kappa shape index (κ2) is 15.1. The van der Waals surface area contributed by atoms with Crippen molar-refractivity contribution in [2.75, 3.05) is 55.7 Å². The van der Waals surface area contributed by atoms with Crippen LogP contribution >= 0.6 is 0 Å². The Morgan fingerprint density at radius 1 is 0.966 bits per heavy atom. The quantitative estimate of drug-likeness (QED) is 0.224. The normalized spacial score (nSPS) is 22.1. The Morgan fingerprint density at radius 2 is 1.69 bits per heavy atom. The zero-order valence-electron chi connectivity index (χ0n) is 31.9. The molecule has 304 valence electrons. The van der Waals surface area contributed by atoms with Gasteiger partial charge in [-0.05, 0) is 79.5 Å². The number of imide groups is 2. The zero-order chi connectivity index (χ0) is 40.9. The molecule has 1 spiro atoms. The van der Waals surface area contributed by atoms with Gasteiger partial charge in [0, 0.05) is 70.2 Å². The van der Waals surface area contributed by atoms with Crippen LogP contribution in [-0.2, 0) is 26.0 Å². The minimum Gasteiger partial charge on any atom is -0.364 e. The van der Waals surface area contributed by atoms with E-state index >= 15 is 0 Å². The van der Waals surface area contributed by atoms with E-state index in [4.69, 9.17) is 5.73 Å². The molecule has 3 aromatic rings. The van der Waals surface area contributed by atoms with Crippen molar-refractivity contribution in [3.8, 4) is 0 Å². The Labute approximate surface area is 334 Å². The predicted molar refractivity (Wildman–Crippen MR) is 209 cm³/mol. The van der Waals surface area contributed by atoms with Crippen LogP contribution < -0.4 is 26.6 Å². The van der Waals surface area contributed by atoms with Crippen LogP contribution in [0, 0.1) is 5.41 Å². The summed E-state index contributed by atoms with van der Waals surface area (Å²) in [6, 6.07) is 10.00. The fourth-order valence-electron chi connectivity index (χ4n) is 8.68. The number of primary amides is 1. The molecule has 2 atom stereocenters. The van der Waals surface area contributed by atoms with Crippen molar-refractivity contribution < 1.29 is 37.2 Å². The van der Waals surface area contributed by atoms with Gasteiger partial charge in [-0.25, -0.2) is 23.2 Å². The van der Waals surface area contributed by atoms with Crippen LogP contribution in [0.3, 0.4) is 0 Å². The number of piperidine rings is 3. The molecule has 5 aliphatic heterocycles. The van der Waals surface area contributed by atoms with Gasteiger partial charge in [0.05, 0.1) is 22.2 Å². The molecule has 7 amide bonds. The van der Waals surface area contributed by atoms with Crippen molar-refractivity contribution in [3.63, 3.8) is 0 Å². The molecule has 0 saturated carbocycles. The molecular formula is C39H44N10O8S. The molecular weight excluding hydrogens is 769 g/mol. The Hall–Kier alpha value is -5.95. The molecule has 0 radical (unpaired) electrons. The van der Waals surface area contributed by atoms with E-state index in [1.54, 1.807) is 24.3 Å². The number of likely N-dealkylation sites (tertiary alicyclic amines) is 2. The van der Waals surface area contributed by atoms with E-state index in [9.17, 15) is 37.2 Å². The summed E-state index contributed by atoms with van der Waals surface area (Å²) in [6.45, 7) is 4.72. The van der Waals surface area contributed by atoms with Crippen molar-refractivity contribution in [3.05, 3.63) is 71.0 Å². The molecule has 6 heterocycles. The number of nitrogens with one attached hydrogen (secondary N) is 3. The van der Waals surface area contributed by atoms with E-state index in [1.807, 2.05) is 15.9 Å². The second-order valence-electron chi connectivity index (χ2n) is 15.9. The third kappa shape index (κ3) is 7.70. The predicted octanol–water partition coefficient (Wildman–Crippen LogP) is 1.40. The van der Waals surface area contributed by atoms with Crippen LogP contribution in [0.25, 0.3) is 0 Å². The van der Waals surface area contributed by atoms with E-state index in [1.165, 1.54) is 18.3 Å². The van der Waals surface area contributed by atoms with Gasteiger partial charge in [0.2, 0.25) is 11.8 Å². The summed E-state index contributed by atoms with van der Waals surface area (Å²) in [5, 5.41) is 8.46. The van der Waals surface area contributed by atoms with Crippen LogP contribution in [-0.4, -0.2) is 126 Å². The number of amides is 7. The zero-order valence-corrected chi connectivity index (χ0v) is 32.7. The maximum absolute atomic E-state index is 13.5. The third-order valence-corrected chi connectivity index (χ3v) is 12.9. The molecule has 5 N–H and O–H groups in total. The van der Waals surface area contributed by atoms with Gasteiger partial charge in [-0.15, -0.1) is 0 Å². The monoisotopic (exact) mass is 812 g/mol. The number of carbonyl (C=O) groups excluding carboxylic acids is 6. The standard InChI is InChI=1S/C39H44N10O8S/c1-58(56,57)26-7-5-24(6-8-26)42-34-32(33(40)51)41-18-30(44-34)48-14-2-3-25(20-48)43-38(55)47-15-12-39(13-16-47)21-46(22-39)19-23-4-9-27-28(17-23)37(54)49(36(27)53)29-10-11-31(50)45-35(29)52/h4-9,17-18,25,29H,2-3,10-16,19-22H2,1H3,(H2,40,51)(H,42,44)(H,43,55)(H,45,50,52)/t25-,29?/m1/s1. The largest absolute Gasteiger partial charge is 0.364 e. The topological polar surface area (TPSA) is 237 Å². The average Bonchev–Trinajstić information content (AvgIpc) is 3.42. The van der Waals surface area contributed by atoms with Crippen LogP contribution in [0.5, 0.6) is 0 Å². The minimum absolute atomic E-state index is 0.0623. The molecule has 1 aromatic heterocycles. The summed E-state index contributed by atoms with van der Waals surface area (Å²) in [6.07, 6.45) is 6.09. The first-order chi connectivity index (χ1) is 27.7. The highest BCUT2D eigenvalue weighted by atomic mass is 32.2. The number of rotatable bonds is 9. The Bertz CT molecular complexity index is 2320. The summed E-state index contributed by atoms with van der Waals surface area (Å²) >= 11 is 0. The fraction of sp³-hybridized carbons (Fsp3) is 0.436. The van der Waals surface area contributed by atoms with E-state index in [0.29, 0.717) is 44.2 Å². The van der Waals surface area contributed by atoms with Crippen molar-refractivity contribution in [2.24, 2.45) is 11.1 Å². The van der Waals surface area contributed by atoms with Crippen LogP contribution in [0.15, 0.2) is 53.6 Å². The van der Waals surface area contributed by atoms with Gasteiger partial charge in [0.15, 0.2) is 21.3 Å². The Kier molecular flexibility index (Phi) is 10.1. The molecule has 2 aromatic carbocycles. The molecule has 4 saturated heterocycles. The van der Waals surface area contributed by atoms with Crippen molar-refractivity contribution in [2.45, 2.75) is 62.0 Å². The maximum atomic E-state index is 13.5. The van der Waals surface area contributed by atoms with Crippen molar-refractivity contribution in [1.29, 1.82) is 0 Å².